The lowest BCUT2D eigenvalue weighted by molar-refractivity contribution is -0.123. The van der Waals surface area contributed by atoms with Crippen LogP contribution in [-0.4, -0.2) is 18.5 Å². The van der Waals surface area contributed by atoms with Crippen molar-refractivity contribution in [3.05, 3.63) is 0 Å². The average Bonchev–Trinajstić information content (AvgIpc) is 2.13. The molecule has 78 valence electrons. The normalized spacial score (nSPS) is 14.2. The molecule has 1 atom stereocenters. The molecule has 0 aromatic rings. The summed E-state index contributed by atoms with van der Waals surface area (Å²) in [6.07, 6.45) is 2.38. The Morgan fingerprint density at radius 1 is 1.46 bits per heavy atom. The van der Waals surface area contributed by atoms with Crippen molar-refractivity contribution >= 4 is 5.78 Å². The topological polar surface area (TPSA) is 26.3 Å². The third-order valence-corrected chi connectivity index (χ3v) is 2.69. The summed E-state index contributed by atoms with van der Waals surface area (Å²) in [4.78, 5) is 11.5. The fourth-order valence-corrected chi connectivity index (χ4v) is 1.00. The van der Waals surface area contributed by atoms with Gasteiger partial charge in [-0.05, 0) is 26.7 Å². The van der Waals surface area contributed by atoms with Crippen LogP contribution in [0.15, 0.2) is 0 Å². The zero-order valence-corrected chi connectivity index (χ0v) is 9.52. The lowest BCUT2D eigenvalue weighted by atomic mass is 9.94. The van der Waals surface area contributed by atoms with Gasteiger partial charge in [-0.3, -0.25) is 4.79 Å². The van der Waals surface area contributed by atoms with Crippen molar-refractivity contribution < 1.29 is 9.53 Å². The number of Topliss-reactive ketones (excluding diaryl/α,β-unsaturated/α-hetero) is 1. The van der Waals surface area contributed by atoms with Crippen LogP contribution in [0.3, 0.4) is 0 Å². The number of carbonyl (C=O) groups excluding carboxylic acids is 1. The van der Waals surface area contributed by atoms with Crippen molar-refractivity contribution in [1.29, 1.82) is 0 Å². The fraction of sp³-hybridized carbons (Fsp3) is 0.909. The van der Waals surface area contributed by atoms with E-state index in [0.717, 1.165) is 12.8 Å². The summed E-state index contributed by atoms with van der Waals surface area (Å²) in [5, 5.41) is 0. The number of methoxy groups -OCH3 is 1. The molecule has 0 spiro atoms. The van der Waals surface area contributed by atoms with E-state index in [1.54, 1.807) is 7.11 Å². The van der Waals surface area contributed by atoms with Crippen LogP contribution in [0.1, 0.15) is 47.0 Å². The number of rotatable bonds is 6. The maximum atomic E-state index is 11.5. The van der Waals surface area contributed by atoms with Gasteiger partial charge in [0.25, 0.3) is 0 Å². The summed E-state index contributed by atoms with van der Waals surface area (Å²) in [6, 6.07) is 0. The average molecular weight is 186 g/mol. The van der Waals surface area contributed by atoms with Gasteiger partial charge in [-0.15, -0.1) is 0 Å². The van der Waals surface area contributed by atoms with Gasteiger partial charge < -0.3 is 4.74 Å². The van der Waals surface area contributed by atoms with Gasteiger partial charge in [0.15, 0.2) is 0 Å². The minimum atomic E-state index is -0.164. The van der Waals surface area contributed by atoms with Crippen LogP contribution in [0.25, 0.3) is 0 Å². The highest BCUT2D eigenvalue weighted by Gasteiger charge is 2.19. The zero-order chi connectivity index (χ0) is 10.5. The second-order valence-corrected chi connectivity index (χ2v) is 4.24. The predicted octanol–water partition coefficient (Wildman–Crippen LogP) is 2.81. The lowest BCUT2D eigenvalue weighted by Crippen LogP contribution is -2.24. The molecule has 2 nitrogen and oxygen atoms in total. The molecule has 2 heteroatoms. The van der Waals surface area contributed by atoms with E-state index in [1.807, 2.05) is 27.7 Å². The SMILES string of the molecule is CCC(C)C(=O)CCC(C)(C)OC. The Balaban J connectivity index is 3.83. The predicted molar refractivity (Wildman–Crippen MR) is 54.8 cm³/mol. The summed E-state index contributed by atoms with van der Waals surface area (Å²) in [5.41, 5.74) is -0.164. The number of ketones is 1. The van der Waals surface area contributed by atoms with E-state index in [0.29, 0.717) is 12.2 Å². The fourth-order valence-electron chi connectivity index (χ4n) is 1.00. The Labute approximate surface area is 81.7 Å². The maximum Gasteiger partial charge on any atom is 0.135 e. The first-order valence-electron chi connectivity index (χ1n) is 5.00. The van der Waals surface area contributed by atoms with Crippen LogP contribution < -0.4 is 0 Å². The summed E-state index contributed by atoms with van der Waals surface area (Å²) < 4.78 is 5.25. The Morgan fingerprint density at radius 2 is 2.00 bits per heavy atom. The minimum Gasteiger partial charge on any atom is -0.379 e. The van der Waals surface area contributed by atoms with Crippen molar-refractivity contribution in [2.45, 2.75) is 52.6 Å². The Bertz CT molecular complexity index is 161. The number of hydrogen-bond acceptors (Lipinski definition) is 2. The van der Waals surface area contributed by atoms with Crippen LogP contribution in [0.5, 0.6) is 0 Å². The van der Waals surface area contributed by atoms with Gasteiger partial charge in [0.05, 0.1) is 5.60 Å². The first-order valence-corrected chi connectivity index (χ1v) is 5.00. The summed E-state index contributed by atoms with van der Waals surface area (Å²) >= 11 is 0. The van der Waals surface area contributed by atoms with E-state index in [4.69, 9.17) is 4.74 Å². The molecule has 0 saturated carbocycles. The van der Waals surface area contributed by atoms with E-state index in [2.05, 4.69) is 0 Å². The highest BCUT2D eigenvalue weighted by molar-refractivity contribution is 5.80. The monoisotopic (exact) mass is 186 g/mol. The molecule has 0 saturated heterocycles. The lowest BCUT2D eigenvalue weighted by Gasteiger charge is -2.22. The number of carbonyl (C=O) groups is 1. The van der Waals surface area contributed by atoms with Gasteiger partial charge in [0, 0.05) is 19.4 Å². The molecule has 0 aliphatic rings. The molecule has 0 aromatic heterocycles. The third-order valence-electron chi connectivity index (χ3n) is 2.69. The molecule has 0 radical (unpaired) electrons. The van der Waals surface area contributed by atoms with E-state index >= 15 is 0 Å². The Kier molecular flexibility index (Phi) is 5.23. The quantitative estimate of drug-likeness (QED) is 0.637. The van der Waals surface area contributed by atoms with Crippen molar-refractivity contribution in [3.63, 3.8) is 0 Å². The van der Waals surface area contributed by atoms with Gasteiger partial charge in [-0.1, -0.05) is 13.8 Å². The van der Waals surface area contributed by atoms with Crippen LogP contribution in [0, 0.1) is 5.92 Å². The molecule has 0 rings (SSSR count). The molecule has 0 amide bonds. The highest BCUT2D eigenvalue weighted by atomic mass is 16.5. The number of ether oxygens (including phenoxy) is 1. The third kappa shape index (κ3) is 5.04. The zero-order valence-electron chi connectivity index (χ0n) is 9.52. The standard InChI is InChI=1S/C11H22O2/c1-6-9(2)10(12)7-8-11(3,4)13-5/h9H,6-8H2,1-5H3. The van der Waals surface area contributed by atoms with Gasteiger partial charge in [-0.2, -0.15) is 0 Å². The number of hydrogen-bond donors (Lipinski definition) is 0. The highest BCUT2D eigenvalue weighted by Crippen LogP contribution is 2.17. The first-order chi connectivity index (χ1) is 5.93. The van der Waals surface area contributed by atoms with Gasteiger partial charge in [0.1, 0.15) is 5.78 Å². The Hall–Kier alpha value is -0.370. The summed E-state index contributed by atoms with van der Waals surface area (Å²) in [7, 11) is 1.69. The summed E-state index contributed by atoms with van der Waals surface area (Å²) in [6.45, 7) is 8.06. The largest absolute Gasteiger partial charge is 0.379 e. The van der Waals surface area contributed by atoms with Gasteiger partial charge in [0.2, 0.25) is 0 Å². The molecule has 0 bridgehead atoms. The van der Waals surface area contributed by atoms with Crippen LogP contribution in [0.2, 0.25) is 0 Å². The molecule has 0 aromatic carbocycles. The van der Waals surface area contributed by atoms with Gasteiger partial charge >= 0.3 is 0 Å². The molecule has 0 heterocycles. The molecule has 0 aliphatic heterocycles. The van der Waals surface area contributed by atoms with Gasteiger partial charge in [-0.25, -0.2) is 0 Å². The van der Waals surface area contributed by atoms with Crippen LogP contribution in [0.4, 0.5) is 0 Å². The van der Waals surface area contributed by atoms with Crippen molar-refractivity contribution in [3.8, 4) is 0 Å². The molecule has 0 fully saturated rings. The van der Waals surface area contributed by atoms with Crippen molar-refractivity contribution in [2.24, 2.45) is 5.92 Å². The van der Waals surface area contributed by atoms with Crippen molar-refractivity contribution in [1.82, 2.24) is 0 Å². The van der Waals surface area contributed by atoms with Crippen LogP contribution in [-0.2, 0) is 9.53 Å². The van der Waals surface area contributed by atoms with E-state index in [1.165, 1.54) is 0 Å². The van der Waals surface area contributed by atoms with Crippen LogP contribution >= 0.6 is 0 Å². The maximum absolute atomic E-state index is 11.5. The van der Waals surface area contributed by atoms with Crippen molar-refractivity contribution in [2.75, 3.05) is 7.11 Å². The minimum absolute atomic E-state index is 0.164. The first kappa shape index (κ1) is 12.6. The molecular formula is C11H22O2. The smallest absolute Gasteiger partial charge is 0.135 e. The molecule has 0 N–H and O–H groups in total. The molecule has 13 heavy (non-hydrogen) atoms. The molecule has 1 unspecified atom stereocenters. The van der Waals surface area contributed by atoms with E-state index < -0.39 is 0 Å². The second kappa shape index (κ2) is 5.38. The Morgan fingerprint density at radius 3 is 2.38 bits per heavy atom. The van der Waals surface area contributed by atoms with E-state index in [-0.39, 0.29) is 11.5 Å². The second-order valence-electron chi connectivity index (χ2n) is 4.24. The summed E-state index contributed by atoms with van der Waals surface area (Å²) in [5.74, 6) is 0.556. The van der Waals surface area contributed by atoms with E-state index in [9.17, 15) is 4.79 Å². The molecular weight excluding hydrogens is 164 g/mol. The molecule has 0 aliphatic carbocycles.